The molecule has 1 amide bonds. The third-order valence-corrected chi connectivity index (χ3v) is 2.37. The zero-order chi connectivity index (χ0) is 11.8. The minimum Gasteiger partial charge on any atom is -0.343 e. The molecule has 3 nitrogen and oxygen atoms in total. The summed E-state index contributed by atoms with van der Waals surface area (Å²) in [4.78, 5) is 13.7. The predicted molar refractivity (Wildman–Crippen MR) is 64.6 cm³/mol. The van der Waals surface area contributed by atoms with E-state index in [-0.39, 0.29) is 11.9 Å². The maximum atomic E-state index is 11.8. The van der Waals surface area contributed by atoms with Gasteiger partial charge in [0.25, 0.3) is 0 Å². The third-order valence-electron chi connectivity index (χ3n) is 2.37. The molecular formula is C12H26N2O. The molecule has 3 heteroatoms. The molecule has 0 aromatic heterocycles. The lowest BCUT2D eigenvalue weighted by Crippen LogP contribution is -2.34. The molecule has 90 valence electrons. The molecule has 0 aliphatic carbocycles. The number of hydrogen-bond donors (Lipinski definition) is 1. The molecule has 0 fully saturated rings. The van der Waals surface area contributed by atoms with Crippen LogP contribution in [-0.2, 0) is 4.79 Å². The highest BCUT2D eigenvalue weighted by Gasteiger charge is 2.12. The van der Waals surface area contributed by atoms with Crippen LogP contribution in [0.4, 0.5) is 0 Å². The van der Waals surface area contributed by atoms with Crippen molar-refractivity contribution in [3.63, 3.8) is 0 Å². The zero-order valence-corrected chi connectivity index (χ0v) is 10.6. The number of rotatable bonds is 7. The van der Waals surface area contributed by atoms with Crippen molar-refractivity contribution in [2.75, 3.05) is 13.1 Å². The second-order valence-electron chi connectivity index (χ2n) is 4.70. The van der Waals surface area contributed by atoms with Gasteiger partial charge in [0.05, 0.1) is 0 Å². The molecule has 0 heterocycles. The lowest BCUT2D eigenvalue weighted by Gasteiger charge is -2.23. The van der Waals surface area contributed by atoms with Crippen molar-refractivity contribution in [3.8, 4) is 0 Å². The van der Waals surface area contributed by atoms with Crippen molar-refractivity contribution in [3.05, 3.63) is 0 Å². The number of nitrogens with zero attached hydrogens (tertiary/aromatic N) is 1. The van der Waals surface area contributed by atoms with Gasteiger partial charge in [0.1, 0.15) is 0 Å². The summed E-state index contributed by atoms with van der Waals surface area (Å²) >= 11 is 0. The zero-order valence-electron chi connectivity index (χ0n) is 10.6. The summed E-state index contributed by atoms with van der Waals surface area (Å²) in [6.07, 6.45) is 2.48. The second kappa shape index (κ2) is 7.69. The van der Waals surface area contributed by atoms with Crippen LogP contribution >= 0.6 is 0 Å². The molecule has 1 unspecified atom stereocenters. The quantitative estimate of drug-likeness (QED) is 0.704. The monoisotopic (exact) mass is 214 g/mol. The van der Waals surface area contributed by atoms with Crippen molar-refractivity contribution >= 4 is 5.91 Å². The Morgan fingerprint density at radius 1 is 1.33 bits per heavy atom. The van der Waals surface area contributed by atoms with E-state index in [0.29, 0.717) is 12.3 Å². The fourth-order valence-corrected chi connectivity index (χ4v) is 1.58. The Morgan fingerprint density at radius 2 is 1.93 bits per heavy atom. The molecule has 0 rings (SSSR count). The highest BCUT2D eigenvalue weighted by Crippen LogP contribution is 2.05. The first-order valence-electron chi connectivity index (χ1n) is 6.00. The smallest absolute Gasteiger partial charge is 0.222 e. The van der Waals surface area contributed by atoms with Crippen LogP contribution in [0.5, 0.6) is 0 Å². The van der Waals surface area contributed by atoms with Crippen LogP contribution in [0.15, 0.2) is 0 Å². The van der Waals surface area contributed by atoms with E-state index in [1.54, 1.807) is 0 Å². The van der Waals surface area contributed by atoms with Crippen LogP contribution in [0.25, 0.3) is 0 Å². The van der Waals surface area contributed by atoms with E-state index in [2.05, 4.69) is 13.8 Å². The molecule has 0 bridgehead atoms. The van der Waals surface area contributed by atoms with Gasteiger partial charge in [0.2, 0.25) is 5.91 Å². The molecule has 0 aromatic carbocycles. The first kappa shape index (κ1) is 14.4. The minimum atomic E-state index is 0.206. The van der Waals surface area contributed by atoms with Gasteiger partial charge in [0.15, 0.2) is 0 Å². The third kappa shape index (κ3) is 7.37. The SMILES string of the molecule is CCN(CC(C)C)C(=O)CCCC(C)N. The molecule has 1 atom stereocenters. The molecular weight excluding hydrogens is 188 g/mol. The Bertz CT molecular complexity index is 178. The van der Waals surface area contributed by atoms with Crippen LogP contribution in [0.2, 0.25) is 0 Å². The fraction of sp³-hybridized carbons (Fsp3) is 0.917. The van der Waals surface area contributed by atoms with Gasteiger partial charge >= 0.3 is 0 Å². The normalized spacial score (nSPS) is 12.9. The first-order valence-corrected chi connectivity index (χ1v) is 6.00. The Morgan fingerprint density at radius 3 is 2.33 bits per heavy atom. The minimum absolute atomic E-state index is 0.206. The number of carbonyl (C=O) groups excluding carboxylic acids is 1. The summed E-state index contributed by atoms with van der Waals surface area (Å²) in [5.41, 5.74) is 5.64. The first-order chi connectivity index (χ1) is 6.97. The molecule has 0 spiro atoms. The van der Waals surface area contributed by atoms with Crippen LogP contribution in [-0.4, -0.2) is 29.9 Å². The summed E-state index contributed by atoms with van der Waals surface area (Å²) < 4.78 is 0. The second-order valence-corrected chi connectivity index (χ2v) is 4.70. The average Bonchev–Trinajstić information content (AvgIpc) is 2.13. The molecule has 0 saturated heterocycles. The number of hydrogen-bond acceptors (Lipinski definition) is 2. The molecule has 0 saturated carbocycles. The van der Waals surface area contributed by atoms with E-state index >= 15 is 0 Å². The molecule has 0 radical (unpaired) electrons. The highest BCUT2D eigenvalue weighted by molar-refractivity contribution is 5.76. The summed E-state index contributed by atoms with van der Waals surface area (Å²) in [6.45, 7) is 9.97. The maximum Gasteiger partial charge on any atom is 0.222 e. The van der Waals surface area contributed by atoms with Gasteiger partial charge in [-0.15, -0.1) is 0 Å². The lowest BCUT2D eigenvalue weighted by molar-refractivity contribution is -0.131. The Hall–Kier alpha value is -0.570. The van der Waals surface area contributed by atoms with Crippen molar-refractivity contribution in [2.24, 2.45) is 11.7 Å². The van der Waals surface area contributed by atoms with Crippen LogP contribution in [0.1, 0.15) is 47.0 Å². The number of amides is 1. The van der Waals surface area contributed by atoms with Crippen LogP contribution in [0.3, 0.4) is 0 Å². The van der Waals surface area contributed by atoms with Crippen molar-refractivity contribution in [2.45, 2.75) is 53.0 Å². The van der Waals surface area contributed by atoms with Gasteiger partial charge in [-0.2, -0.15) is 0 Å². The largest absolute Gasteiger partial charge is 0.343 e. The summed E-state index contributed by atoms with van der Waals surface area (Å²) in [6, 6.07) is 0.206. The average molecular weight is 214 g/mol. The van der Waals surface area contributed by atoms with E-state index in [1.165, 1.54) is 0 Å². The van der Waals surface area contributed by atoms with E-state index in [1.807, 2.05) is 18.7 Å². The van der Waals surface area contributed by atoms with E-state index in [0.717, 1.165) is 25.9 Å². The molecule has 0 aromatic rings. The van der Waals surface area contributed by atoms with Crippen molar-refractivity contribution in [1.29, 1.82) is 0 Å². The summed E-state index contributed by atoms with van der Waals surface area (Å²) in [7, 11) is 0. The fourth-order valence-electron chi connectivity index (χ4n) is 1.58. The van der Waals surface area contributed by atoms with E-state index in [9.17, 15) is 4.79 Å². The van der Waals surface area contributed by atoms with E-state index in [4.69, 9.17) is 5.73 Å². The Labute approximate surface area is 94.0 Å². The van der Waals surface area contributed by atoms with Gasteiger partial charge in [-0.25, -0.2) is 0 Å². The molecule has 2 N–H and O–H groups in total. The van der Waals surface area contributed by atoms with Gasteiger partial charge in [-0.05, 0) is 32.6 Å². The molecule has 0 aliphatic rings. The van der Waals surface area contributed by atoms with Gasteiger partial charge in [0, 0.05) is 25.6 Å². The molecule has 0 aliphatic heterocycles. The van der Waals surface area contributed by atoms with Gasteiger partial charge < -0.3 is 10.6 Å². The predicted octanol–water partition coefficient (Wildman–Crippen LogP) is 2.01. The number of carbonyl (C=O) groups is 1. The highest BCUT2D eigenvalue weighted by atomic mass is 16.2. The molecule has 15 heavy (non-hydrogen) atoms. The van der Waals surface area contributed by atoms with Gasteiger partial charge in [-0.1, -0.05) is 13.8 Å². The number of nitrogens with two attached hydrogens (primary N) is 1. The summed E-state index contributed by atoms with van der Waals surface area (Å²) in [5.74, 6) is 0.814. The summed E-state index contributed by atoms with van der Waals surface area (Å²) in [5, 5.41) is 0. The Balaban J connectivity index is 3.83. The van der Waals surface area contributed by atoms with Crippen LogP contribution in [0, 0.1) is 5.92 Å². The van der Waals surface area contributed by atoms with Crippen molar-refractivity contribution < 1.29 is 4.79 Å². The standard InChI is InChI=1S/C12H26N2O/c1-5-14(9-10(2)3)12(15)8-6-7-11(4)13/h10-11H,5-9,13H2,1-4H3. The Kier molecular flexibility index (Phi) is 7.39. The maximum absolute atomic E-state index is 11.8. The lowest BCUT2D eigenvalue weighted by atomic mass is 10.1. The van der Waals surface area contributed by atoms with Crippen molar-refractivity contribution in [1.82, 2.24) is 4.90 Å². The van der Waals surface area contributed by atoms with E-state index < -0.39 is 0 Å². The van der Waals surface area contributed by atoms with Crippen LogP contribution < -0.4 is 5.73 Å². The topological polar surface area (TPSA) is 46.3 Å². The van der Waals surface area contributed by atoms with Gasteiger partial charge in [-0.3, -0.25) is 4.79 Å².